The minimum Gasteiger partial charge on any atom is -0.352 e. The Bertz CT molecular complexity index is 494. The first-order chi connectivity index (χ1) is 9.08. The molecule has 1 amide bonds. The molecule has 2 fully saturated rings. The Kier molecular flexibility index (Phi) is 3.09. The van der Waals surface area contributed by atoms with Crippen molar-refractivity contribution in [3.63, 3.8) is 0 Å². The first kappa shape index (κ1) is 12.7. The fourth-order valence-electron chi connectivity index (χ4n) is 3.74. The molecule has 0 radical (unpaired) electrons. The molecule has 2 saturated carbocycles. The number of amides is 1. The molecule has 0 spiro atoms. The lowest BCUT2D eigenvalue weighted by Crippen LogP contribution is -2.45. The van der Waals surface area contributed by atoms with Crippen molar-refractivity contribution in [2.45, 2.75) is 38.8 Å². The van der Waals surface area contributed by atoms with Gasteiger partial charge in [-0.05, 0) is 38.0 Å². The maximum atomic E-state index is 12.3. The van der Waals surface area contributed by atoms with Gasteiger partial charge in [0.1, 0.15) is 0 Å². The average molecular weight is 262 g/mol. The van der Waals surface area contributed by atoms with E-state index < -0.39 is 0 Å². The Morgan fingerprint density at radius 1 is 1.53 bits per heavy atom. The molecule has 3 N–H and O–H groups in total. The maximum Gasteiger partial charge on any atom is 0.225 e. The van der Waals surface area contributed by atoms with E-state index in [1.165, 1.54) is 12.8 Å². The highest BCUT2D eigenvalue weighted by Crippen LogP contribution is 2.47. The Hall–Kier alpha value is -1.36. The zero-order chi connectivity index (χ0) is 13.6. The molecule has 5 nitrogen and oxygen atoms in total. The van der Waals surface area contributed by atoms with Crippen molar-refractivity contribution in [3.8, 4) is 0 Å². The molecular weight excluding hydrogens is 240 g/mol. The SMILES string of the molecule is Cc1c(CNC(=O)C2C3CCC(C3)C2N)cnn1C. The number of carbonyl (C=O) groups excluding carboxylic acids is 1. The highest BCUT2D eigenvalue weighted by Gasteiger charge is 2.48. The molecule has 3 rings (SSSR count). The Morgan fingerprint density at radius 2 is 2.26 bits per heavy atom. The summed E-state index contributed by atoms with van der Waals surface area (Å²) in [6.07, 6.45) is 5.33. The van der Waals surface area contributed by atoms with Crippen molar-refractivity contribution in [3.05, 3.63) is 17.5 Å². The van der Waals surface area contributed by atoms with Gasteiger partial charge in [0.25, 0.3) is 0 Å². The van der Waals surface area contributed by atoms with E-state index >= 15 is 0 Å². The second-order valence-corrected chi connectivity index (χ2v) is 6.03. The largest absolute Gasteiger partial charge is 0.352 e. The van der Waals surface area contributed by atoms with Gasteiger partial charge in [0.15, 0.2) is 0 Å². The average Bonchev–Trinajstić information content (AvgIpc) is 3.05. The van der Waals surface area contributed by atoms with E-state index in [1.54, 1.807) is 0 Å². The Morgan fingerprint density at radius 3 is 2.84 bits per heavy atom. The predicted octanol–water partition coefficient (Wildman–Crippen LogP) is 0.718. The lowest BCUT2D eigenvalue weighted by atomic mass is 9.84. The van der Waals surface area contributed by atoms with Gasteiger partial charge in [-0.3, -0.25) is 9.48 Å². The van der Waals surface area contributed by atoms with E-state index in [0.717, 1.165) is 17.7 Å². The van der Waals surface area contributed by atoms with Crippen molar-refractivity contribution >= 4 is 5.91 Å². The number of hydrogen-bond acceptors (Lipinski definition) is 3. The highest BCUT2D eigenvalue weighted by molar-refractivity contribution is 5.80. The molecule has 104 valence electrons. The summed E-state index contributed by atoms with van der Waals surface area (Å²) < 4.78 is 1.82. The second-order valence-electron chi connectivity index (χ2n) is 6.03. The first-order valence-corrected chi connectivity index (χ1v) is 7.08. The van der Waals surface area contributed by atoms with Crippen LogP contribution in [0.1, 0.15) is 30.5 Å². The fraction of sp³-hybridized carbons (Fsp3) is 0.714. The van der Waals surface area contributed by atoms with E-state index in [0.29, 0.717) is 18.4 Å². The van der Waals surface area contributed by atoms with E-state index in [4.69, 9.17) is 5.73 Å². The highest BCUT2D eigenvalue weighted by atomic mass is 16.1. The molecule has 1 heterocycles. The molecule has 2 bridgehead atoms. The molecule has 4 atom stereocenters. The van der Waals surface area contributed by atoms with Gasteiger partial charge in [-0.2, -0.15) is 5.10 Å². The van der Waals surface area contributed by atoms with Crippen LogP contribution in [-0.2, 0) is 18.4 Å². The van der Waals surface area contributed by atoms with Gasteiger partial charge in [0.05, 0.1) is 12.1 Å². The van der Waals surface area contributed by atoms with Gasteiger partial charge in [-0.25, -0.2) is 0 Å². The quantitative estimate of drug-likeness (QED) is 0.843. The number of hydrogen-bond donors (Lipinski definition) is 2. The molecule has 5 heteroatoms. The van der Waals surface area contributed by atoms with Crippen molar-refractivity contribution in [1.29, 1.82) is 0 Å². The summed E-state index contributed by atoms with van der Waals surface area (Å²) in [4.78, 5) is 12.3. The number of aryl methyl sites for hydroxylation is 1. The van der Waals surface area contributed by atoms with Crippen LogP contribution in [0.25, 0.3) is 0 Å². The molecule has 1 aromatic heterocycles. The molecule has 2 aliphatic rings. The van der Waals surface area contributed by atoms with E-state index in [-0.39, 0.29) is 17.9 Å². The minimum atomic E-state index is 0.0238. The van der Waals surface area contributed by atoms with Gasteiger partial charge in [-0.15, -0.1) is 0 Å². The Labute approximate surface area is 113 Å². The van der Waals surface area contributed by atoms with Crippen LogP contribution >= 0.6 is 0 Å². The monoisotopic (exact) mass is 262 g/mol. The smallest absolute Gasteiger partial charge is 0.225 e. The van der Waals surface area contributed by atoms with Crippen LogP contribution in [0.15, 0.2) is 6.20 Å². The van der Waals surface area contributed by atoms with Crippen LogP contribution in [-0.4, -0.2) is 21.7 Å². The van der Waals surface area contributed by atoms with Crippen molar-refractivity contribution in [2.75, 3.05) is 0 Å². The van der Waals surface area contributed by atoms with E-state index in [2.05, 4.69) is 10.4 Å². The standard InChI is InChI=1S/C14H22N4O/c1-8-11(7-17-18(8)2)6-16-14(19)12-9-3-4-10(5-9)13(12)15/h7,9-10,12-13H,3-6,15H2,1-2H3,(H,16,19). The summed E-state index contributed by atoms with van der Waals surface area (Å²) >= 11 is 0. The summed E-state index contributed by atoms with van der Waals surface area (Å²) in [5.74, 6) is 1.23. The van der Waals surface area contributed by atoms with Crippen molar-refractivity contribution in [2.24, 2.45) is 30.5 Å². The van der Waals surface area contributed by atoms with E-state index in [1.807, 2.05) is 24.9 Å². The number of carbonyl (C=O) groups is 1. The first-order valence-electron chi connectivity index (χ1n) is 7.08. The van der Waals surface area contributed by atoms with Crippen LogP contribution in [0.3, 0.4) is 0 Å². The minimum absolute atomic E-state index is 0.0238. The van der Waals surface area contributed by atoms with Gasteiger partial charge < -0.3 is 11.1 Å². The predicted molar refractivity (Wildman–Crippen MR) is 72.1 cm³/mol. The molecule has 4 unspecified atom stereocenters. The maximum absolute atomic E-state index is 12.3. The zero-order valence-corrected chi connectivity index (χ0v) is 11.6. The number of fused-ring (bicyclic) bond motifs is 2. The molecule has 2 aliphatic carbocycles. The third-order valence-corrected chi connectivity index (χ3v) is 5.07. The molecule has 0 aliphatic heterocycles. The summed E-state index contributed by atoms with van der Waals surface area (Å²) in [6.45, 7) is 2.57. The summed E-state index contributed by atoms with van der Waals surface area (Å²) in [6, 6.07) is 0.0637. The lowest BCUT2D eigenvalue weighted by Gasteiger charge is -2.26. The summed E-state index contributed by atoms with van der Waals surface area (Å²) in [5, 5.41) is 7.22. The van der Waals surface area contributed by atoms with Crippen LogP contribution < -0.4 is 11.1 Å². The van der Waals surface area contributed by atoms with Gasteiger partial charge in [0.2, 0.25) is 5.91 Å². The number of rotatable bonds is 3. The lowest BCUT2D eigenvalue weighted by molar-refractivity contribution is -0.127. The number of nitrogens with zero attached hydrogens (tertiary/aromatic N) is 2. The number of nitrogens with one attached hydrogen (secondary N) is 1. The fourth-order valence-corrected chi connectivity index (χ4v) is 3.74. The Balaban J connectivity index is 1.62. The van der Waals surface area contributed by atoms with Crippen LogP contribution in [0.5, 0.6) is 0 Å². The number of nitrogens with two attached hydrogens (primary N) is 1. The van der Waals surface area contributed by atoms with Gasteiger partial charge in [0, 0.05) is 30.9 Å². The van der Waals surface area contributed by atoms with Crippen LogP contribution in [0.2, 0.25) is 0 Å². The summed E-state index contributed by atoms with van der Waals surface area (Å²) in [7, 11) is 1.91. The van der Waals surface area contributed by atoms with E-state index in [9.17, 15) is 4.79 Å². The number of aromatic nitrogens is 2. The third kappa shape index (κ3) is 2.06. The molecular formula is C14H22N4O. The second kappa shape index (κ2) is 4.63. The van der Waals surface area contributed by atoms with Crippen molar-refractivity contribution in [1.82, 2.24) is 15.1 Å². The van der Waals surface area contributed by atoms with Crippen LogP contribution in [0.4, 0.5) is 0 Å². The third-order valence-electron chi connectivity index (χ3n) is 5.07. The van der Waals surface area contributed by atoms with Crippen molar-refractivity contribution < 1.29 is 4.79 Å². The van der Waals surface area contributed by atoms with Crippen LogP contribution in [0, 0.1) is 24.7 Å². The zero-order valence-electron chi connectivity index (χ0n) is 11.6. The summed E-state index contributed by atoms with van der Waals surface area (Å²) in [5.41, 5.74) is 8.36. The van der Waals surface area contributed by atoms with Gasteiger partial charge >= 0.3 is 0 Å². The van der Waals surface area contributed by atoms with Gasteiger partial charge in [-0.1, -0.05) is 0 Å². The molecule has 19 heavy (non-hydrogen) atoms. The normalized spacial score (nSPS) is 32.8. The molecule has 1 aromatic rings. The molecule has 0 saturated heterocycles. The topological polar surface area (TPSA) is 72.9 Å². The molecule has 0 aromatic carbocycles.